The Morgan fingerprint density at radius 3 is 2.85 bits per heavy atom. The van der Waals surface area contributed by atoms with Gasteiger partial charge in [0.15, 0.2) is 0 Å². The topological polar surface area (TPSA) is 77.3 Å². The highest BCUT2D eigenvalue weighted by Gasteiger charge is 2.18. The molecule has 0 bridgehead atoms. The highest BCUT2D eigenvalue weighted by atomic mass is 16.6. The molecule has 20 heavy (non-hydrogen) atoms. The van der Waals surface area contributed by atoms with E-state index in [0.717, 1.165) is 37.1 Å². The van der Waals surface area contributed by atoms with E-state index in [1.807, 2.05) is 6.07 Å². The summed E-state index contributed by atoms with van der Waals surface area (Å²) in [4.78, 5) is 14.8. The second kappa shape index (κ2) is 5.42. The minimum atomic E-state index is -0.395. The third kappa shape index (κ3) is 2.42. The molecule has 1 aromatic heterocycles. The van der Waals surface area contributed by atoms with Crippen LogP contribution in [0.2, 0.25) is 0 Å². The minimum Gasteiger partial charge on any atom is -0.382 e. The molecule has 1 aliphatic rings. The Morgan fingerprint density at radius 1 is 1.30 bits per heavy atom. The van der Waals surface area contributed by atoms with Gasteiger partial charge >= 0.3 is 0 Å². The van der Waals surface area contributed by atoms with Gasteiger partial charge in [0, 0.05) is 42.6 Å². The zero-order valence-electron chi connectivity index (χ0n) is 10.9. The van der Waals surface area contributed by atoms with Crippen molar-refractivity contribution in [1.29, 1.82) is 0 Å². The zero-order chi connectivity index (χ0) is 13.9. The largest absolute Gasteiger partial charge is 0.382 e. The van der Waals surface area contributed by atoms with Crippen LogP contribution in [0.1, 0.15) is 12.8 Å². The normalized spacial score (nSPS) is 16.2. The summed E-state index contributed by atoms with van der Waals surface area (Å²) in [5.41, 5.74) is 1.36. The third-order valence-corrected chi connectivity index (χ3v) is 3.53. The van der Waals surface area contributed by atoms with Crippen LogP contribution in [0.25, 0.3) is 10.9 Å². The van der Waals surface area contributed by atoms with Gasteiger partial charge < -0.3 is 10.1 Å². The number of nitrogens with one attached hydrogen (secondary N) is 1. The van der Waals surface area contributed by atoms with E-state index in [-0.39, 0.29) is 5.69 Å². The molecule has 6 nitrogen and oxygen atoms in total. The first kappa shape index (κ1) is 12.8. The van der Waals surface area contributed by atoms with Crippen molar-refractivity contribution >= 4 is 22.3 Å². The molecule has 0 radical (unpaired) electrons. The van der Waals surface area contributed by atoms with Crippen LogP contribution < -0.4 is 5.32 Å². The molecule has 1 fully saturated rings. The van der Waals surface area contributed by atoms with Crippen LogP contribution in [0.3, 0.4) is 0 Å². The van der Waals surface area contributed by atoms with Crippen molar-refractivity contribution < 1.29 is 9.66 Å². The van der Waals surface area contributed by atoms with Crippen LogP contribution in [0.5, 0.6) is 0 Å². The van der Waals surface area contributed by atoms with Crippen LogP contribution >= 0.6 is 0 Å². The van der Waals surface area contributed by atoms with Crippen molar-refractivity contribution in [1.82, 2.24) is 4.98 Å². The maximum absolute atomic E-state index is 11.0. The van der Waals surface area contributed by atoms with Gasteiger partial charge in [-0.1, -0.05) is 0 Å². The Labute approximate surface area is 115 Å². The first-order valence-corrected chi connectivity index (χ1v) is 6.62. The lowest BCUT2D eigenvalue weighted by atomic mass is 10.1. The molecule has 0 unspecified atom stereocenters. The predicted molar refractivity (Wildman–Crippen MR) is 75.9 cm³/mol. The van der Waals surface area contributed by atoms with Crippen LogP contribution in [0.4, 0.5) is 11.4 Å². The number of nitrogens with zero attached hydrogens (tertiary/aromatic N) is 2. The van der Waals surface area contributed by atoms with E-state index in [9.17, 15) is 10.1 Å². The summed E-state index contributed by atoms with van der Waals surface area (Å²) in [6.07, 6.45) is 3.46. The molecule has 2 aromatic rings. The molecule has 0 aliphatic carbocycles. The zero-order valence-corrected chi connectivity index (χ0v) is 10.9. The fraction of sp³-hybridized carbons (Fsp3) is 0.357. The summed E-state index contributed by atoms with van der Waals surface area (Å²) in [6, 6.07) is 7.26. The van der Waals surface area contributed by atoms with Gasteiger partial charge in [-0.25, -0.2) is 4.98 Å². The van der Waals surface area contributed by atoms with Gasteiger partial charge in [0.25, 0.3) is 5.69 Å². The standard InChI is InChI=1S/C14H15N3O3/c18-17(19)13-4-3-12(11-2-1-7-15-14(11)13)16-10-5-8-20-9-6-10/h1-4,7,10,16H,5-6,8-9H2. The lowest BCUT2D eigenvalue weighted by Crippen LogP contribution is -2.27. The van der Waals surface area contributed by atoms with Gasteiger partial charge in [-0.05, 0) is 31.0 Å². The first-order chi connectivity index (χ1) is 9.75. The number of benzene rings is 1. The minimum absolute atomic E-state index is 0.0399. The SMILES string of the molecule is O=[N+]([O-])c1ccc(NC2CCOCC2)c2cccnc12. The van der Waals surface area contributed by atoms with Crippen LogP contribution in [0, 0.1) is 10.1 Å². The first-order valence-electron chi connectivity index (χ1n) is 6.62. The fourth-order valence-corrected chi connectivity index (χ4v) is 2.49. The van der Waals surface area contributed by atoms with E-state index in [1.165, 1.54) is 6.07 Å². The number of hydrogen-bond donors (Lipinski definition) is 1. The number of hydrogen-bond acceptors (Lipinski definition) is 5. The molecule has 104 valence electrons. The number of nitro benzene ring substituents is 1. The van der Waals surface area contributed by atoms with E-state index in [2.05, 4.69) is 10.3 Å². The molecule has 1 aromatic carbocycles. The van der Waals surface area contributed by atoms with Crippen LogP contribution in [-0.2, 0) is 4.74 Å². The molecule has 0 amide bonds. The number of anilines is 1. The molecule has 1 saturated heterocycles. The predicted octanol–water partition coefficient (Wildman–Crippen LogP) is 2.73. The third-order valence-electron chi connectivity index (χ3n) is 3.53. The van der Waals surface area contributed by atoms with E-state index < -0.39 is 4.92 Å². The van der Waals surface area contributed by atoms with Crippen molar-refractivity contribution in [2.75, 3.05) is 18.5 Å². The number of rotatable bonds is 3. The van der Waals surface area contributed by atoms with E-state index in [4.69, 9.17) is 4.74 Å². The summed E-state index contributed by atoms with van der Waals surface area (Å²) in [7, 11) is 0. The van der Waals surface area contributed by atoms with Gasteiger partial charge in [-0.15, -0.1) is 0 Å². The van der Waals surface area contributed by atoms with E-state index >= 15 is 0 Å². The highest BCUT2D eigenvalue weighted by molar-refractivity contribution is 5.96. The summed E-state index contributed by atoms with van der Waals surface area (Å²) in [5.74, 6) is 0. The molecular weight excluding hydrogens is 258 g/mol. The molecule has 0 atom stereocenters. The lowest BCUT2D eigenvalue weighted by molar-refractivity contribution is -0.383. The number of nitro groups is 1. The number of ether oxygens (including phenoxy) is 1. The van der Waals surface area contributed by atoms with Gasteiger partial charge in [0.05, 0.1) is 4.92 Å². The molecule has 0 saturated carbocycles. The molecule has 1 N–H and O–H groups in total. The number of fused-ring (bicyclic) bond motifs is 1. The fourth-order valence-electron chi connectivity index (χ4n) is 2.49. The Kier molecular flexibility index (Phi) is 3.47. The summed E-state index contributed by atoms with van der Waals surface area (Å²) in [5, 5.41) is 15.3. The molecule has 6 heteroatoms. The van der Waals surface area contributed by atoms with Gasteiger partial charge in [0.2, 0.25) is 0 Å². The average Bonchev–Trinajstić information content (AvgIpc) is 2.48. The average molecular weight is 273 g/mol. The Hall–Kier alpha value is -2.21. The molecule has 1 aliphatic heterocycles. The number of non-ortho nitro benzene ring substituents is 1. The summed E-state index contributed by atoms with van der Waals surface area (Å²) < 4.78 is 5.33. The Balaban J connectivity index is 1.99. The second-order valence-corrected chi connectivity index (χ2v) is 4.82. The summed E-state index contributed by atoms with van der Waals surface area (Å²) >= 11 is 0. The number of aromatic nitrogens is 1. The maximum atomic E-state index is 11.0. The highest BCUT2D eigenvalue weighted by Crippen LogP contribution is 2.30. The number of pyridine rings is 1. The van der Waals surface area contributed by atoms with Crippen molar-refractivity contribution in [3.63, 3.8) is 0 Å². The van der Waals surface area contributed by atoms with Gasteiger partial charge in [0.1, 0.15) is 5.52 Å². The van der Waals surface area contributed by atoms with Crippen molar-refractivity contribution in [2.24, 2.45) is 0 Å². The molecule has 2 heterocycles. The van der Waals surface area contributed by atoms with Crippen LogP contribution in [-0.4, -0.2) is 29.2 Å². The lowest BCUT2D eigenvalue weighted by Gasteiger charge is -2.24. The van der Waals surface area contributed by atoms with Gasteiger partial charge in [-0.2, -0.15) is 0 Å². The molecule has 0 spiro atoms. The van der Waals surface area contributed by atoms with Crippen LogP contribution in [0.15, 0.2) is 30.5 Å². The van der Waals surface area contributed by atoms with E-state index in [1.54, 1.807) is 18.3 Å². The smallest absolute Gasteiger partial charge is 0.295 e. The molecule has 3 rings (SSSR count). The maximum Gasteiger partial charge on any atom is 0.295 e. The van der Waals surface area contributed by atoms with Crippen molar-refractivity contribution in [2.45, 2.75) is 18.9 Å². The van der Waals surface area contributed by atoms with E-state index in [0.29, 0.717) is 11.6 Å². The second-order valence-electron chi connectivity index (χ2n) is 4.82. The molecular formula is C14H15N3O3. The Morgan fingerprint density at radius 2 is 2.10 bits per heavy atom. The van der Waals surface area contributed by atoms with Gasteiger partial charge in [-0.3, -0.25) is 10.1 Å². The van der Waals surface area contributed by atoms with Crippen molar-refractivity contribution in [3.8, 4) is 0 Å². The quantitative estimate of drug-likeness (QED) is 0.687. The van der Waals surface area contributed by atoms with Crippen molar-refractivity contribution in [3.05, 3.63) is 40.6 Å². The Bertz CT molecular complexity index is 639. The monoisotopic (exact) mass is 273 g/mol. The summed E-state index contributed by atoms with van der Waals surface area (Å²) in [6.45, 7) is 1.50.